The van der Waals surface area contributed by atoms with Crippen molar-refractivity contribution in [2.24, 2.45) is 5.84 Å². The van der Waals surface area contributed by atoms with Crippen molar-refractivity contribution in [3.8, 4) is 0 Å². The molecule has 0 saturated heterocycles. The average molecular weight is 236 g/mol. The van der Waals surface area contributed by atoms with Crippen molar-refractivity contribution in [1.29, 1.82) is 0 Å². The topological polar surface area (TPSA) is 47.3 Å². The summed E-state index contributed by atoms with van der Waals surface area (Å²) in [6, 6.07) is 6.78. The van der Waals surface area contributed by atoms with E-state index >= 15 is 0 Å². The minimum absolute atomic E-state index is 0.217. The maximum absolute atomic E-state index is 5.63. The van der Waals surface area contributed by atoms with Crippen molar-refractivity contribution in [3.05, 3.63) is 34.9 Å². The molecule has 0 radical (unpaired) electrons. The lowest BCUT2D eigenvalue weighted by Gasteiger charge is -2.17. The molecule has 0 amide bonds. The van der Waals surface area contributed by atoms with Gasteiger partial charge in [0.15, 0.2) is 0 Å². The highest BCUT2D eigenvalue weighted by Crippen LogP contribution is 2.20. The quantitative estimate of drug-likeness (QED) is 0.434. The molecule has 3 N–H and O–H groups in total. The second-order valence-corrected chi connectivity index (χ2v) is 4.48. The van der Waals surface area contributed by atoms with E-state index in [0.717, 1.165) is 26.1 Å². The fraction of sp³-hybridized carbons (Fsp3) is 0.571. The summed E-state index contributed by atoms with van der Waals surface area (Å²) in [5.74, 6) is 5.63. The van der Waals surface area contributed by atoms with Crippen LogP contribution in [0.4, 0.5) is 0 Å². The standard InChI is InChI=1S/C14H24N2O/c1-4-17-7-5-6-14(16-15)13-9-11(2)8-12(3)10-13/h8-10,14,16H,4-7,15H2,1-3H3. The number of ether oxygens (including phenoxy) is 1. The first-order chi connectivity index (χ1) is 8.17. The van der Waals surface area contributed by atoms with Crippen molar-refractivity contribution in [2.45, 2.75) is 39.7 Å². The summed E-state index contributed by atoms with van der Waals surface area (Å²) in [5, 5.41) is 0. The Labute approximate surface area is 104 Å². The zero-order valence-electron chi connectivity index (χ0n) is 11.1. The maximum Gasteiger partial charge on any atom is 0.0466 e. The minimum Gasteiger partial charge on any atom is -0.382 e. The Bertz CT molecular complexity index is 319. The third-order valence-corrected chi connectivity index (χ3v) is 2.83. The first kappa shape index (κ1) is 14.2. The van der Waals surface area contributed by atoms with Crippen LogP contribution in [0.1, 0.15) is 42.5 Å². The van der Waals surface area contributed by atoms with Gasteiger partial charge in [-0.1, -0.05) is 29.3 Å². The summed E-state index contributed by atoms with van der Waals surface area (Å²) < 4.78 is 5.34. The molecule has 0 heterocycles. The highest BCUT2D eigenvalue weighted by Gasteiger charge is 2.09. The average Bonchev–Trinajstić information content (AvgIpc) is 2.28. The Kier molecular flexibility index (Phi) is 6.19. The summed E-state index contributed by atoms with van der Waals surface area (Å²) in [7, 11) is 0. The SMILES string of the molecule is CCOCCCC(NN)c1cc(C)cc(C)c1. The van der Waals surface area contributed by atoms with Gasteiger partial charge in [0.2, 0.25) is 0 Å². The van der Waals surface area contributed by atoms with E-state index in [-0.39, 0.29) is 6.04 Å². The molecule has 0 aliphatic carbocycles. The van der Waals surface area contributed by atoms with Gasteiger partial charge in [-0.15, -0.1) is 0 Å². The Morgan fingerprint density at radius 3 is 2.41 bits per heavy atom. The largest absolute Gasteiger partial charge is 0.382 e. The van der Waals surface area contributed by atoms with E-state index in [2.05, 4.69) is 37.5 Å². The molecule has 0 fully saturated rings. The van der Waals surface area contributed by atoms with Gasteiger partial charge in [0, 0.05) is 19.3 Å². The molecular formula is C14H24N2O. The van der Waals surface area contributed by atoms with E-state index < -0.39 is 0 Å². The van der Waals surface area contributed by atoms with Crippen molar-refractivity contribution >= 4 is 0 Å². The van der Waals surface area contributed by atoms with Crippen LogP contribution in [0, 0.1) is 13.8 Å². The zero-order valence-corrected chi connectivity index (χ0v) is 11.1. The minimum atomic E-state index is 0.217. The molecular weight excluding hydrogens is 212 g/mol. The smallest absolute Gasteiger partial charge is 0.0466 e. The van der Waals surface area contributed by atoms with Gasteiger partial charge in [-0.05, 0) is 39.2 Å². The molecule has 1 aromatic rings. The predicted molar refractivity (Wildman–Crippen MR) is 71.7 cm³/mol. The molecule has 96 valence electrons. The summed E-state index contributed by atoms with van der Waals surface area (Å²) in [6.07, 6.45) is 2.02. The van der Waals surface area contributed by atoms with Crippen molar-refractivity contribution in [3.63, 3.8) is 0 Å². The van der Waals surface area contributed by atoms with Crippen LogP contribution in [0.2, 0.25) is 0 Å². The lowest BCUT2D eigenvalue weighted by Crippen LogP contribution is -2.28. The van der Waals surface area contributed by atoms with Crippen LogP contribution >= 0.6 is 0 Å². The third-order valence-electron chi connectivity index (χ3n) is 2.83. The van der Waals surface area contributed by atoms with Crippen LogP contribution in [-0.2, 0) is 4.74 Å². The molecule has 0 spiro atoms. The molecule has 1 rings (SSSR count). The van der Waals surface area contributed by atoms with E-state index in [9.17, 15) is 0 Å². The normalized spacial score (nSPS) is 12.7. The van der Waals surface area contributed by atoms with Gasteiger partial charge in [0.05, 0.1) is 0 Å². The van der Waals surface area contributed by atoms with Gasteiger partial charge < -0.3 is 4.74 Å². The number of nitrogens with one attached hydrogen (secondary N) is 1. The zero-order chi connectivity index (χ0) is 12.7. The van der Waals surface area contributed by atoms with E-state index in [1.165, 1.54) is 16.7 Å². The first-order valence-electron chi connectivity index (χ1n) is 6.29. The summed E-state index contributed by atoms with van der Waals surface area (Å²) in [4.78, 5) is 0. The van der Waals surface area contributed by atoms with Gasteiger partial charge in [0.25, 0.3) is 0 Å². The first-order valence-corrected chi connectivity index (χ1v) is 6.29. The number of rotatable bonds is 7. The van der Waals surface area contributed by atoms with Crippen LogP contribution in [0.15, 0.2) is 18.2 Å². The summed E-state index contributed by atoms with van der Waals surface area (Å²) in [5.41, 5.74) is 6.72. The van der Waals surface area contributed by atoms with E-state index in [1.807, 2.05) is 6.92 Å². The van der Waals surface area contributed by atoms with Crippen molar-refractivity contribution in [2.75, 3.05) is 13.2 Å². The molecule has 17 heavy (non-hydrogen) atoms. The Morgan fingerprint density at radius 1 is 1.24 bits per heavy atom. The molecule has 0 aromatic heterocycles. The second kappa shape index (κ2) is 7.43. The van der Waals surface area contributed by atoms with Gasteiger partial charge in [-0.25, -0.2) is 0 Å². The van der Waals surface area contributed by atoms with Gasteiger partial charge in [-0.3, -0.25) is 11.3 Å². The Balaban J connectivity index is 2.59. The van der Waals surface area contributed by atoms with Crippen LogP contribution < -0.4 is 11.3 Å². The fourth-order valence-electron chi connectivity index (χ4n) is 2.09. The molecule has 0 aliphatic heterocycles. The maximum atomic E-state index is 5.63. The van der Waals surface area contributed by atoms with Crippen molar-refractivity contribution in [1.82, 2.24) is 5.43 Å². The fourth-order valence-corrected chi connectivity index (χ4v) is 2.09. The number of nitrogens with two attached hydrogens (primary N) is 1. The van der Waals surface area contributed by atoms with Crippen LogP contribution in [0.25, 0.3) is 0 Å². The van der Waals surface area contributed by atoms with E-state index in [1.54, 1.807) is 0 Å². The van der Waals surface area contributed by atoms with Crippen LogP contribution in [0.5, 0.6) is 0 Å². The summed E-state index contributed by atoms with van der Waals surface area (Å²) in [6.45, 7) is 7.83. The molecule has 3 nitrogen and oxygen atoms in total. The third kappa shape index (κ3) is 4.86. The number of benzene rings is 1. The molecule has 1 unspecified atom stereocenters. The highest BCUT2D eigenvalue weighted by atomic mass is 16.5. The number of hydrogen-bond donors (Lipinski definition) is 2. The molecule has 1 aromatic carbocycles. The monoisotopic (exact) mass is 236 g/mol. The molecule has 3 heteroatoms. The van der Waals surface area contributed by atoms with Crippen LogP contribution in [-0.4, -0.2) is 13.2 Å². The highest BCUT2D eigenvalue weighted by molar-refractivity contribution is 5.30. The number of hydrogen-bond acceptors (Lipinski definition) is 3. The number of aryl methyl sites for hydroxylation is 2. The van der Waals surface area contributed by atoms with Crippen molar-refractivity contribution < 1.29 is 4.74 Å². The van der Waals surface area contributed by atoms with E-state index in [0.29, 0.717) is 0 Å². The Hall–Kier alpha value is -0.900. The van der Waals surface area contributed by atoms with Gasteiger partial charge >= 0.3 is 0 Å². The molecule has 1 atom stereocenters. The molecule has 0 saturated carbocycles. The lowest BCUT2D eigenvalue weighted by atomic mass is 9.98. The van der Waals surface area contributed by atoms with Gasteiger partial charge in [-0.2, -0.15) is 0 Å². The predicted octanol–water partition coefficient (Wildman–Crippen LogP) is 2.62. The second-order valence-electron chi connectivity index (χ2n) is 4.48. The Morgan fingerprint density at radius 2 is 1.88 bits per heavy atom. The van der Waals surface area contributed by atoms with E-state index in [4.69, 9.17) is 10.6 Å². The number of hydrazine groups is 1. The van der Waals surface area contributed by atoms with Crippen LogP contribution in [0.3, 0.4) is 0 Å². The van der Waals surface area contributed by atoms with Gasteiger partial charge in [0.1, 0.15) is 0 Å². The lowest BCUT2D eigenvalue weighted by molar-refractivity contribution is 0.141. The summed E-state index contributed by atoms with van der Waals surface area (Å²) >= 11 is 0. The molecule has 0 aliphatic rings. The molecule has 0 bridgehead atoms.